The van der Waals surface area contributed by atoms with Gasteiger partial charge in [0.05, 0.1) is 4.92 Å². The second-order valence-electron chi connectivity index (χ2n) is 7.84. The molecule has 2 heterocycles. The second-order valence-corrected chi connectivity index (χ2v) is 7.84. The zero-order chi connectivity index (χ0) is 22.0. The highest BCUT2D eigenvalue weighted by Gasteiger charge is 2.29. The van der Waals surface area contributed by atoms with Gasteiger partial charge < -0.3 is 15.1 Å². The first-order chi connectivity index (χ1) is 14.9. The molecular formula is C23H26N6O2. The fourth-order valence-electron chi connectivity index (χ4n) is 3.87. The molecular weight excluding hydrogens is 392 g/mol. The number of anilines is 4. The van der Waals surface area contributed by atoms with E-state index in [4.69, 9.17) is 0 Å². The van der Waals surface area contributed by atoms with Crippen LogP contribution < -0.4 is 15.1 Å². The zero-order valence-electron chi connectivity index (χ0n) is 18.0. The van der Waals surface area contributed by atoms with Crippen molar-refractivity contribution in [2.45, 2.75) is 20.8 Å². The topological polar surface area (TPSA) is 87.4 Å². The number of aryl methyl sites for hydroxylation is 2. The second kappa shape index (κ2) is 8.59. The fourth-order valence-corrected chi connectivity index (χ4v) is 3.87. The number of rotatable bonds is 5. The molecule has 160 valence electrons. The Morgan fingerprint density at radius 3 is 2.29 bits per heavy atom. The Hall–Kier alpha value is -3.68. The quantitative estimate of drug-likeness (QED) is 0.486. The van der Waals surface area contributed by atoms with Crippen molar-refractivity contribution in [3.63, 3.8) is 0 Å². The van der Waals surface area contributed by atoms with E-state index in [9.17, 15) is 10.1 Å². The van der Waals surface area contributed by atoms with Gasteiger partial charge in [0.2, 0.25) is 11.6 Å². The Balaban J connectivity index is 1.56. The molecule has 1 aliphatic heterocycles. The van der Waals surface area contributed by atoms with Crippen LogP contribution in [0.2, 0.25) is 0 Å². The van der Waals surface area contributed by atoms with Gasteiger partial charge in [0, 0.05) is 37.6 Å². The van der Waals surface area contributed by atoms with Crippen LogP contribution in [0.1, 0.15) is 16.7 Å². The molecule has 8 heteroatoms. The molecule has 1 fully saturated rings. The Morgan fingerprint density at radius 1 is 0.935 bits per heavy atom. The van der Waals surface area contributed by atoms with E-state index in [2.05, 4.69) is 52.2 Å². The van der Waals surface area contributed by atoms with Crippen LogP contribution in [0.4, 0.5) is 28.7 Å². The molecule has 0 spiro atoms. The highest BCUT2D eigenvalue weighted by atomic mass is 16.6. The summed E-state index contributed by atoms with van der Waals surface area (Å²) < 4.78 is 0. The van der Waals surface area contributed by atoms with Crippen LogP contribution in [0.3, 0.4) is 0 Å². The first kappa shape index (κ1) is 20.6. The van der Waals surface area contributed by atoms with Crippen molar-refractivity contribution >= 4 is 28.7 Å². The third-order valence-corrected chi connectivity index (χ3v) is 5.80. The predicted octanol–water partition coefficient (Wildman–Crippen LogP) is 4.38. The summed E-state index contributed by atoms with van der Waals surface area (Å²) in [5.74, 6) is 0.561. The summed E-state index contributed by atoms with van der Waals surface area (Å²) in [5, 5.41) is 15.0. The highest BCUT2D eigenvalue weighted by Crippen LogP contribution is 2.34. The van der Waals surface area contributed by atoms with E-state index in [0.29, 0.717) is 18.9 Å². The summed E-state index contributed by atoms with van der Waals surface area (Å²) in [5.41, 5.74) is 5.52. The summed E-state index contributed by atoms with van der Waals surface area (Å²) in [6.45, 7) is 9.08. The lowest BCUT2D eigenvalue weighted by Crippen LogP contribution is -2.47. The van der Waals surface area contributed by atoms with Crippen LogP contribution in [-0.2, 0) is 0 Å². The van der Waals surface area contributed by atoms with Crippen molar-refractivity contribution in [1.29, 1.82) is 0 Å². The molecule has 0 bridgehead atoms. The van der Waals surface area contributed by atoms with Crippen molar-refractivity contribution in [3.8, 4) is 0 Å². The van der Waals surface area contributed by atoms with Gasteiger partial charge in [0.15, 0.2) is 0 Å². The Bertz CT molecular complexity index is 1090. The van der Waals surface area contributed by atoms with E-state index in [1.54, 1.807) is 0 Å². The zero-order valence-corrected chi connectivity index (χ0v) is 18.0. The molecule has 3 aromatic rings. The third kappa shape index (κ3) is 4.28. The molecule has 0 atom stereocenters. The molecule has 1 aromatic heterocycles. The molecule has 0 aliphatic carbocycles. The first-order valence-corrected chi connectivity index (χ1v) is 10.3. The van der Waals surface area contributed by atoms with Gasteiger partial charge in [-0.05, 0) is 50.1 Å². The Kier molecular flexibility index (Phi) is 5.70. The van der Waals surface area contributed by atoms with Crippen molar-refractivity contribution in [2.24, 2.45) is 0 Å². The van der Waals surface area contributed by atoms with Crippen molar-refractivity contribution in [1.82, 2.24) is 9.97 Å². The number of benzene rings is 2. The SMILES string of the molecule is Cc1ccc(Nc2ncnc(N3CCN(c4cccc(C)c4C)CC3)c2[N+](=O)[O-])cc1. The molecule has 1 N–H and O–H groups in total. The molecule has 0 unspecified atom stereocenters. The van der Waals surface area contributed by atoms with Gasteiger partial charge in [0.1, 0.15) is 6.33 Å². The van der Waals surface area contributed by atoms with Crippen LogP contribution in [0.5, 0.6) is 0 Å². The van der Waals surface area contributed by atoms with E-state index in [0.717, 1.165) is 24.3 Å². The lowest BCUT2D eigenvalue weighted by atomic mass is 10.1. The molecule has 0 amide bonds. The molecule has 1 saturated heterocycles. The highest BCUT2D eigenvalue weighted by molar-refractivity contribution is 5.74. The Labute approximate surface area is 181 Å². The average molecular weight is 419 g/mol. The normalized spacial score (nSPS) is 13.9. The van der Waals surface area contributed by atoms with Gasteiger partial charge in [-0.2, -0.15) is 0 Å². The summed E-state index contributed by atoms with van der Waals surface area (Å²) in [6, 6.07) is 14.0. The minimum Gasteiger partial charge on any atom is -0.368 e. The smallest absolute Gasteiger partial charge is 0.353 e. The maximum atomic E-state index is 11.9. The van der Waals surface area contributed by atoms with Gasteiger partial charge in [0.25, 0.3) is 0 Å². The minimum atomic E-state index is -0.400. The summed E-state index contributed by atoms with van der Waals surface area (Å²) in [7, 11) is 0. The standard InChI is InChI=1S/C23H26N6O2/c1-16-7-9-19(10-8-16)26-22-21(29(30)31)23(25-15-24-22)28-13-11-27(12-14-28)20-6-4-5-17(2)18(20)3/h4-10,15H,11-14H2,1-3H3,(H,24,25,26). The maximum Gasteiger partial charge on any atom is 0.353 e. The lowest BCUT2D eigenvalue weighted by Gasteiger charge is -2.37. The third-order valence-electron chi connectivity index (χ3n) is 5.80. The molecule has 0 radical (unpaired) electrons. The molecule has 1 aliphatic rings. The molecule has 2 aromatic carbocycles. The maximum absolute atomic E-state index is 11.9. The van der Waals surface area contributed by atoms with Crippen LogP contribution in [0.15, 0.2) is 48.8 Å². The number of hydrogen-bond acceptors (Lipinski definition) is 7. The largest absolute Gasteiger partial charge is 0.368 e. The number of nitrogens with one attached hydrogen (secondary N) is 1. The predicted molar refractivity (Wildman–Crippen MR) is 123 cm³/mol. The summed E-state index contributed by atoms with van der Waals surface area (Å²) >= 11 is 0. The molecule has 4 rings (SSSR count). The van der Waals surface area contributed by atoms with Crippen LogP contribution >= 0.6 is 0 Å². The summed E-state index contributed by atoms with van der Waals surface area (Å²) in [4.78, 5) is 24.3. The van der Waals surface area contributed by atoms with Crippen LogP contribution in [0.25, 0.3) is 0 Å². The van der Waals surface area contributed by atoms with E-state index in [1.807, 2.05) is 36.1 Å². The minimum absolute atomic E-state index is 0.0942. The van der Waals surface area contributed by atoms with Crippen LogP contribution in [0, 0.1) is 30.9 Å². The van der Waals surface area contributed by atoms with Crippen molar-refractivity contribution in [2.75, 3.05) is 41.3 Å². The number of nitrogens with zero attached hydrogens (tertiary/aromatic N) is 5. The monoisotopic (exact) mass is 418 g/mol. The summed E-state index contributed by atoms with van der Waals surface area (Å²) in [6.07, 6.45) is 1.38. The van der Waals surface area contributed by atoms with E-state index < -0.39 is 4.92 Å². The molecule has 31 heavy (non-hydrogen) atoms. The fraction of sp³-hybridized carbons (Fsp3) is 0.304. The van der Waals surface area contributed by atoms with Crippen molar-refractivity contribution in [3.05, 3.63) is 75.6 Å². The number of piperazine rings is 1. The average Bonchev–Trinajstić information content (AvgIpc) is 2.77. The number of nitro groups is 1. The van der Waals surface area contributed by atoms with Crippen LogP contribution in [-0.4, -0.2) is 41.1 Å². The van der Waals surface area contributed by atoms with Gasteiger partial charge >= 0.3 is 5.69 Å². The van der Waals surface area contributed by atoms with Gasteiger partial charge in [-0.15, -0.1) is 0 Å². The van der Waals surface area contributed by atoms with E-state index in [-0.39, 0.29) is 11.5 Å². The van der Waals surface area contributed by atoms with Crippen molar-refractivity contribution < 1.29 is 4.92 Å². The van der Waals surface area contributed by atoms with Gasteiger partial charge in [-0.25, -0.2) is 9.97 Å². The molecule has 8 nitrogen and oxygen atoms in total. The first-order valence-electron chi connectivity index (χ1n) is 10.3. The van der Waals surface area contributed by atoms with E-state index >= 15 is 0 Å². The number of aromatic nitrogens is 2. The Morgan fingerprint density at radius 2 is 1.61 bits per heavy atom. The number of hydrogen-bond donors (Lipinski definition) is 1. The lowest BCUT2D eigenvalue weighted by molar-refractivity contribution is -0.383. The molecule has 0 saturated carbocycles. The van der Waals surface area contributed by atoms with Gasteiger partial charge in [-0.1, -0.05) is 29.8 Å². The van der Waals surface area contributed by atoms with Gasteiger partial charge in [-0.3, -0.25) is 10.1 Å². The van der Waals surface area contributed by atoms with E-state index in [1.165, 1.54) is 23.1 Å².